The Balaban J connectivity index is 1.53. The van der Waals surface area contributed by atoms with Crippen LogP contribution >= 0.6 is 0 Å². The fourth-order valence-corrected chi connectivity index (χ4v) is 4.73. The van der Waals surface area contributed by atoms with Gasteiger partial charge in [-0.25, -0.2) is 4.98 Å². The maximum Gasteiger partial charge on any atom is 0.417 e. The van der Waals surface area contributed by atoms with Crippen molar-refractivity contribution in [3.05, 3.63) is 87.6 Å². The molecule has 3 heterocycles. The van der Waals surface area contributed by atoms with E-state index in [0.717, 1.165) is 23.8 Å². The van der Waals surface area contributed by atoms with Crippen LogP contribution in [0.2, 0.25) is 0 Å². The number of carbonyl (C=O) groups excluding carboxylic acids is 1. The highest BCUT2D eigenvalue weighted by Gasteiger charge is 2.36. The molecule has 2 aromatic heterocycles. The number of halogens is 3. The minimum absolute atomic E-state index is 0.227. The van der Waals surface area contributed by atoms with E-state index in [2.05, 4.69) is 43.8 Å². The number of aromatic amines is 1. The Labute approximate surface area is 228 Å². The average Bonchev–Trinajstić information content (AvgIpc) is 3.24. The molecule has 1 aliphatic rings. The second-order valence-corrected chi connectivity index (χ2v) is 9.82. The Morgan fingerprint density at radius 2 is 1.88 bits per heavy atom. The molecule has 2 aromatic carbocycles. The number of para-hydroxylation sites is 2. The van der Waals surface area contributed by atoms with E-state index < -0.39 is 28.8 Å². The number of aromatic nitrogens is 3. The lowest BCUT2D eigenvalue weighted by atomic mass is 10.1. The minimum atomic E-state index is -4.88. The maximum absolute atomic E-state index is 13.6. The molecule has 1 atom stereocenters. The zero-order valence-electron chi connectivity index (χ0n) is 22.1. The lowest BCUT2D eigenvalue weighted by Crippen LogP contribution is -2.50. The molecule has 0 unspecified atom stereocenters. The largest absolute Gasteiger partial charge is 0.417 e. The number of anilines is 2. The fraction of sp³-hybridized carbons (Fsp3) is 0.276. The summed E-state index contributed by atoms with van der Waals surface area (Å²) >= 11 is 0. The van der Waals surface area contributed by atoms with E-state index >= 15 is 0 Å². The number of likely N-dealkylation sites (N-methyl/N-ethyl adjacent to an activating group) is 1. The monoisotopic (exact) mass is 548 g/mol. The number of nitrogens with one attached hydrogen (secondary N) is 2. The zero-order chi connectivity index (χ0) is 28.6. The summed E-state index contributed by atoms with van der Waals surface area (Å²) in [6, 6.07) is 13.5. The molecule has 1 saturated heterocycles. The van der Waals surface area contributed by atoms with Crippen molar-refractivity contribution >= 4 is 28.3 Å². The lowest BCUT2D eigenvalue weighted by Gasteiger charge is -2.39. The van der Waals surface area contributed by atoms with Crippen LogP contribution in [0.15, 0.2) is 59.5 Å². The van der Waals surface area contributed by atoms with Crippen LogP contribution in [0, 0.1) is 11.8 Å². The number of H-pyrrole nitrogens is 1. The Hall–Kier alpha value is -4.56. The third kappa shape index (κ3) is 5.44. The van der Waals surface area contributed by atoms with E-state index in [1.165, 1.54) is 0 Å². The van der Waals surface area contributed by atoms with Gasteiger partial charge in [0.05, 0.1) is 33.5 Å². The second kappa shape index (κ2) is 10.5. The zero-order valence-corrected chi connectivity index (χ0v) is 22.1. The lowest BCUT2D eigenvalue weighted by molar-refractivity contribution is -0.138. The van der Waals surface area contributed by atoms with Gasteiger partial charge in [0.25, 0.3) is 5.91 Å². The number of alkyl halides is 3. The summed E-state index contributed by atoms with van der Waals surface area (Å²) in [5, 5.41) is 2.65. The van der Waals surface area contributed by atoms with Gasteiger partial charge in [0.15, 0.2) is 5.82 Å². The number of benzene rings is 2. The van der Waals surface area contributed by atoms with E-state index in [9.17, 15) is 22.8 Å². The van der Waals surface area contributed by atoms with Crippen LogP contribution in [0.4, 0.5) is 24.5 Å². The predicted octanol–water partition coefficient (Wildman–Crippen LogP) is 4.07. The highest BCUT2D eigenvalue weighted by Crippen LogP contribution is 2.33. The molecule has 1 fully saturated rings. The molecule has 0 radical (unpaired) electrons. The molecule has 0 saturated carbocycles. The predicted molar refractivity (Wildman–Crippen MR) is 147 cm³/mol. The van der Waals surface area contributed by atoms with Gasteiger partial charge >= 0.3 is 6.18 Å². The van der Waals surface area contributed by atoms with Crippen molar-refractivity contribution in [2.45, 2.75) is 19.1 Å². The van der Waals surface area contributed by atoms with E-state index in [0.29, 0.717) is 41.9 Å². The van der Waals surface area contributed by atoms with E-state index in [1.54, 1.807) is 6.07 Å². The number of fused-ring (bicyclic) bond motifs is 1. The quantitative estimate of drug-likeness (QED) is 0.377. The molecule has 1 aliphatic heterocycles. The second-order valence-electron chi connectivity index (χ2n) is 9.82. The number of piperazine rings is 1. The van der Waals surface area contributed by atoms with Gasteiger partial charge in [-0.2, -0.15) is 13.2 Å². The van der Waals surface area contributed by atoms with Crippen molar-refractivity contribution in [1.29, 1.82) is 0 Å². The number of hydrogen-bond donors (Lipinski definition) is 2. The van der Waals surface area contributed by atoms with E-state index in [1.807, 2.05) is 55.1 Å². The Morgan fingerprint density at radius 3 is 2.60 bits per heavy atom. The smallest absolute Gasteiger partial charge is 0.367 e. The number of amides is 1. The normalized spacial score (nSPS) is 16.1. The molecule has 206 valence electrons. The van der Waals surface area contributed by atoms with Gasteiger partial charge < -0.3 is 24.7 Å². The van der Waals surface area contributed by atoms with E-state index in [-0.39, 0.29) is 6.04 Å². The van der Waals surface area contributed by atoms with Crippen LogP contribution in [-0.2, 0) is 13.2 Å². The molecule has 8 nitrogen and oxygen atoms in total. The van der Waals surface area contributed by atoms with Crippen LogP contribution in [0.5, 0.6) is 0 Å². The van der Waals surface area contributed by atoms with Gasteiger partial charge in [-0.05, 0) is 50.2 Å². The summed E-state index contributed by atoms with van der Waals surface area (Å²) in [7, 11) is 3.89. The molecule has 5 rings (SSSR count). The Bertz CT molecular complexity index is 1710. The number of aryl methyl sites for hydroxylation is 1. The topological polar surface area (TPSA) is 86.3 Å². The SMILES string of the molecule is C[C@H]1CN(c2ccc(C#Cc3nc4ccccc4n3C)cc2NC(=O)c2c[nH]c(=O)cc2C(F)(F)F)CCN1C. The van der Waals surface area contributed by atoms with Crippen LogP contribution in [0.3, 0.4) is 0 Å². The average molecular weight is 549 g/mol. The van der Waals surface area contributed by atoms with Gasteiger partial charge in [-0.15, -0.1) is 0 Å². The molecule has 0 aliphatic carbocycles. The molecule has 0 spiro atoms. The molecule has 0 bridgehead atoms. The van der Waals surface area contributed by atoms with Crippen LogP contribution in [0.25, 0.3) is 11.0 Å². The summed E-state index contributed by atoms with van der Waals surface area (Å²) < 4.78 is 42.8. The number of nitrogens with zero attached hydrogens (tertiary/aromatic N) is 4. The maximum atomic E-state index is 13.6. The Morgan fingerprint density at radius 1 is 1.10 bits per heavy atom. The van der Waals surface area contributed by atoms with E-state index in [4.69, 9.17) is 0 Å². The third-order valence-electron chi connectivity index (χ3n) is 7.13. The third-order valence-corrected chi connectivity index (χ3v) is 7.13. The summed E-state index contributed by atoms with van der Waals surface area (Å²) in [4.78, 5) is 35.8. The number of hydrogen-bond acceptors (Lipinski definition) is 5. The van der Waals surface area contributed by atoms with Crippen molar-refractivity contribution in [1.82, 2.24) is 19.4 Å². The fourth-order valence-electron chi connectivity index (χ4n) is 4.73. The number of pyridine rings is 1. The van der Waals surface area contributed by atoms with Gasteiger partial charge in [-0.1, -0.05) is 18.1 Å². The molecule has 40 heavy (non-hydrogen) atoms. The highest BCUT2D eigenvalue weighted by molar-refractivity contribution is 6.07. The van der Waals surface area contributed by atoms with Gasteiger partial charge in [0, 0.05) is 50.6 Å². The summed E-state index contributed by atoms with van der Waals surface area (Å²) in [5.74, 6) is 5.68. The molecule has 4 aromatic rings. The first-order valence-corrected chi connectivity index (χ1v) is 12.7. The van der Waals surface area contributed by atoms with Crippen molar-refractivity contribution in [2.24, 2.45) is 7.05 Å². The van der Waals surface area contributed by atoms with Crippen LogP contribution in [-0.4, -0.2) is 58.1 Å². The molecule has 1 amide bonds. The van der Waals surface area contributed by atoms with Crippen molar-refractivity contribution in [3.8, 4) is 11.8 Å². The number of carbonyl (C=O) groups is 1. The minimum Gasteiger partial charge on any atom is -0.367 e. The van der Waals surface area contributed by atoms with Gasteiger partial charge in [-0.3, -0.25) is 9.59 Å². The van der Waals surface area contributed by atoms with Gasteiger partial charge in [0.2, 0.25) is 5.56 Å². The van der Waals surface area contributed by atoms with Crippen molar-refractivity contribution in [3.63, 3.8) is 0 Å². The summed E-state index contributed by atoms with van der Waals surface area (Å²) in [6.45, 7) is 4.19. The van der Waals surface area contributed by atoms with Crippen molar-refractivity contribution < 1.29 is 18.0 Å². The molecule has 11 heteroatoms. The first-order valence-electron chi connectivity index (χ1n) is 12.7. The molecular weight excluding hydrogens is 521 g/mol. The molecule has 2 N–H and O–H groups in total. The number of rotatable bonds is 3. The van der Waals surface area contributed by atoms with Crippen LogP contribution < -0.4 is 15.8 Å². The molecular formula is C29H27F3N6O2. The van der Waals surface area contributed by atoms with Crippen molar-refractivity contribution in [2.75, 3.05) is 36.9 Å². The van der Waals surface area contributed by atoms with Crippen LogP contribution in [0.1, 0.15) is 34.2 Å². The Kier molecular flexibility index (Phi) is 7.12. The van der Waals surface area contributed by atoms with Gasteiger partial charge in [0.1, 0.15) is 0 Å². The first kappa shape index (κ1) is 27.0. The highest BCUT2D eigenvalue weighted by atomic mass is 19.4. The summed E-state index contributed by atoms with van der Waals surface area (Å²) in [6.07, 6.45) is -4.09. The standard InChI is InChI=1S/C29H27F3N6O2/c1-18-17-38(13-12-36(18)2)25-10-8-19(9-11-26-34-22-6-4-5-7-24(22)37(26)3)14-23(25)35-28(40)20-16-33-27(39)15-21(20)29(30,31)32/h4-8,10,14-16,18H,12-13,17H2,1-3H3,(H,33,39)(H,35,40)/t18-/m0/s1. The first-order chi connectivity index (χ1) is 19.0. The summed E-state index contributed by atoms with van der Waals surface area (Å²) in [5.41, 5.74) is 0.338. The number of imidazole rings is 1.